The average molecular weight is 273 g/mol. The van der Waals surface area contributed by atoms with Crippen LogP contribution in [0, 0.1) is 13.8 Å². The van der Waals surface area contributed by atoms with Crippen molar-refractivity contribution in [3.05, 3.63) is 41.0 Å². The second-order valence-electron chi connectivity index (χ2n) is 5.53. The summed E-state index contributed by atoms with van der Waals surface area (Å²) in [6.07, 6.45) is 6.80. The van der Waals surface area contributed by atoms with Gasteiger partial charge < -0.3 is 10.0 Å². The summed E-state index contributed by atoms with van der Waals surface area (Å²) in [7, 11) is 0. The van der Waals surface area contributed by atoms with Crippen LogP contribution in [-0.2, 0) is 4.79 Å². The number of carbonyl (C=O) groups is 1. The van der Waals surface area contributed by atoms with Gasteiger partial charge in [-0.1, -0.05) is 23.8 Å². The Morgan fingerprint density at radius 3 is 2.70 bits per heavy atom. The van der Waals surface area contributed by atoms with Crippen LogP contribution >= 0.6 is 0 Å². The van der Waals surface area contributed by atoms with E-state index in [0.717, 1.165) is 18.4 Å². The molecular weight excluding hydrogens is 250 g/mol. The number of carbonyl (C=O) groups excluding carboxylic acids is 1. The first-order chi connectivity index (χ1) is 9.61. The van der Waals surface area contributed by atoms with E-state index in [1.54, 1.807) is 11.0 Å². The molecule has 20 heavy (non-hydrogen) atoms. The van der Waals surface area contributed by atoms with Gasteiger partial charge in [-0.15, -0.1) is 0 Å². The van der Waals surface area contributed by atoms with Crippen molar-refractivity contribution < 1.29 is 9.90 Å². The predicted octanol–water partition coefficient (Wildman–Crippen LogP) is 2.69. The maximum atomic E-state index is 12.2. The van der Waals surface area contributed by atoms with Gasteiger partial charge in [0.15, 0.2) is 0 Å². The number of nitrogens with zero attached hydrogens (tertiary/aromatic N) is 1. The average Bonchev–Trinajstić information content (AvgIpc) is 2.34. The van der Waals surface area contributed by atoms with Crippen LogP contribution in [0.25, 0.3) is 6.08 Å². The highest BCUT2D eigenvalue weighted by Gasteiger charge is 2.26. The highest BCUT2D eigenvalue weighted by molar-refractivity contribution is 5.92. The van der Waals surface area contributed by atoms with Crippen molar-refractivity contribution >= 4 is 12.0 Å². The molecular formula is C17H23NO2. The summed E-state index contributed by atoms with van der Waals surface area (Å²) in [5, 5.41) is 9.10. The fourth-order valence-corrected chi connectivity index (χ4v) is 2.55. The van der Waals surface area contributed by atoms with Crippen LogP contribution in [0.3, 0.4) is 0 Å². The fraction of sp³-hybridized carbons (Fsp3) is 0.471. The monoisotopic (exact) mass is 273 g/mol. The van der Waals surface area contributed by atoms with Gasteiger partial charge in [0.05, 0.1) is 6.61 Å². The number of rotatable bonds is 5. The highest BCUT2D eigenvalue weighted by Crippen LogP contribution is 2.25. The number of aryl methyl sites for hydroxylation is 2. The summed E-state index contributed by atoms with van der Waals surface area (Å²) in [5.41, 5.74) is 3.47. The molecule has 1 aromatic carbocycles. The van der Waals surface area contributed by atoms with E-state index in [0.29, 0.717) is 12.6 Å². The van der Waals surface area contributed by atoms with Gasteiger partial charge in [-0.3, -0.25) is 4.79 Å². The minimum atomic E-state index is 0.00345. The molecule has 1 aromatic rings. The molecule has 108 valence electrons. The minimum absolute atomic E-state index is 0.00345. The molecule has 0 aromatic heterocycles. The van der Waals surface area contributed by atoms with Crippen LogP contribution in [0.4, 0.5) is 0 Å². The summed E-state index contributed by atoms with van der Waals surface area (Å²) >= 11 is 0. The number of benzene rings is 1. The molecule has 0 unspecified atom stereocenters. The number of aliphatic hydroxyl groups excluding tert-OH is 1. The van der Waals surface area contributed by atoms with Crippen LogP contribution < -0.4 is 0 Å². The lowest BCUT2D eigenvalue weighted by atomic mass is 9.91. The number of amides is 1. The lowest BCUT2D eigenvalue weighted by Gasteiger charge is -2.36. The maximum Gasteiger partial charge on any atom is 0.246 e. The molecule has 1 fully saturated rings. The molecule has 0 radical (unpaired) electrons. The summed E-state index contributed by atoms with van der Waals surface area (Å²) in [6.45, 7) is 4.57. The Bertz CT molecular complexity index is 504. The van der Waals surface area contributed by atoms with Gasteiger partial charge in [-0.05, 0) is 50.3 Å². The van der Waals surface area contributed by atoms with Crippen molar-refractivity contribution in [1.29, 1.82) is 0 Å². The molecule has 0 aliphatic heterocycles. The number of hydrogen-bond acceptors (Lipinski definition) is 2. The van der Waals surface area contributed by atoms with Gasteiger partial charge in [0.1, 0.15) is 0 Å². The highest BCUT2D eigenvalue weighted by atomic mass is 16.3. The normalized spacial score (nSPS) is 15.3. The largest absolute Gasteiger partial charge is 0.395 e. The third-order valence-corrected chi connectivity index (χ3v) is 3.97. The van der Waals surface area contributed by atoms with E-state index >= 15 is 0 Å². The molecule has 0 heterocycles. The summed E-state index contributed by atoms with van der Waals surface area (Å²) in [6, 6.07) is 6.52. The van der Waals surface area contributed by atoms with Crippen molar-refractivity contribution in [2.45, 2.75) is 39.2 Å². The fourth-order valence-electron chi connectivity index (χ4n) is 2.55. The Kier molecular flexibility index (Phi) is 4.96. The van der Waals surface area contributed by atoms with Crippen molar-refractivity contribution in [2.75, 3.05) is 13.2 Å². The van der Waals surface area contributed by atoms with Crippen LogP contribution in [0.1, 0.15) is 36.0 Å². The third kappa shape index (κ3) is 3.48. The first-order valence-electron chi connectivity index (χ1n) is 7.28. The van der Waals surface area contributed by atoms with Gasteiger partial charge in [-0.2, -0.15) is 0 Å². The topological polar surface area (TPSA) is 40.5 Å². The van der Waals surface area contributed by atoms with Crippen LogP contribution in [0.5, 0.6) is 0 Å². The van der Waals surface area contributed by atoms with Gasteiger partial charge in [0.25, 0.3) is 0 Å². The number of aliphatic hydroxyl groups is 1. The molecule has 0 atom stereocenters. The van der Waals surface area contributed by atoms with E-state index in [4.69, 9.17) is 5.11 Å². The first kappa shape index (κ1) is 14.8. The Labute approximate surface area is 120 Å². The Hall–Kier alpha value is -1.61. The van der Waals surface area contributed by atoms with E-state index in [1.165, 1.54) is 17.5 Å². The van der Waals surface area contributed by atoms with Gasteiger partial charge in [0, 0.05) is 18.7 Å². The Morgan fingerprint density at radius 1 is 1.40 bits per heavy atom. The molecule has 1 N–H and O–H groups in total. The smallest absolute Gasteiger partial charge is 0.246 e. The summed E-state index contributed by atoms with van der Waals surface area (Å²) < 4.78 is 0. The molecule has 1 aliphatic carbocycles. The third-order valence-electron chi connectivity index (χ3n) is 3.97. The molecule has 0 bridgehead atoms. The maximum absolute atomic E-state index is 12.2. The van der Waals surface area contributed by atoms with Crippen molar-refractivity contribution in [2.24, 2.45) is 0 Å². The summed E-state index contributed by atoms with van der Waals surface area (Å²) in [4.78, 5) is 14.0. The predicted molar refractivity (Wildman–Crippen MR) is 81.4 cm³/mol. The molecule has 0 saturated heterocycles. The van der Waals surface area contributed by atoms with Crippen LogP contribution in [-0.4, -0.2) is 35.1 Å². The molecule has 2 rings (SSSR count). The molecule has 0 spiro atoms. The zero-order valence-electron chi connectivity index (χ0n) is 12.3. The van der Waals surface area contributed by atoms with Gasteiger partial charge in [-0.25, -0.2) is 0 Å². The molecule has 3 nitrogen and oxygen atoms in total. The standard InChI is InChI=1S/C17H23NO2/c1-13-6-7-15(14(2)12-13)8-9-17(20)18(10-11-19)16-4-3-5-16/h6-9,12,16,19H,3-5,10-11H2,1-2H3/b9-8+. The SMILES string of the molecule is Cc1ccc(/C=C/C(=O)N(CCO)C2CCC2)c(C)c1. The minimum Gasteiger partial charge on any atom is -0.395 e. The lowest BCUT2D eigenvalue weighted by Crippen LogP contribution is -2.44. The zero-order chi connectivity index (χ0) is 14.5. The first-order valence-corrected chi connectivity index (χ1v) is 7.28. The second kappa shape index (κ2) is 6.71. The molecule has 1 amide bonds. The van der Waals surface area contributed by atoms with Crippen LogP contribution in [0.2, 0.25) is 0 Å². The van der Waals surface area contributed by atoms with E-state index in [2.05, 4.69) is 26.0 Å². The Morgan fingerprint density at radius 2 is 2.15 bits per heavy atom. The molecule has 1 aliphatic rings. The summed E-state index contributed by atoms with van der Waals surface area (Å²) in [5.74, 6) is 0.00345. The molecule has 1 saturated carbocycles. The zero-order valence-corrected chi connectivity index (χ0v) is 12.3. The van der Waals surface area contributed by atoms with E-state index in [-0.39, 0.29) is 12.5 Å². The Balaban J connectivity index is 2.06. The van der Waals surface area contributed by atoms with Crippen LogP contribution in [0.15, 0.2) is 24.3 Å². The van der Waals surface area contributed by atoms with E-state index < -0.39 is 0 Å². The van der Waals surface area contributed by atoms with Crippen molar-refractivity contribution in [3.63, 3.8) is 0 Å². The molecule has 3 heteroatoms. The quantitative estimate of drug-likeness (QED) is 0.838. The number of hydrogen-bond donors (Lipinski definition) is 1. The van der Waals surface area contributed by atoms with Crippen molar-refractivity contribution in [1.82, 2.24) is 4.90 Å². The second-order valence-corrected chi connectivity index (χ2v) is 5.53. The lowest BCUT2D eigenvalue weighted by molar-refractivity contribution is -0.130. The van der Waals surface area contributed by atoms with Crippen molar-refractivity contribution in [3.8, 4) is 0 Å². The van der Waals surface area contributed by atoms with E-state index in [9.17, 15) is 4.79 Å². The van der Waals surface area contributed by atoms with E-state index in [1.807, 2.05) is 12.1 Å². The van der Waals surface area contributed by atoms with Gasteiger partial charge in [0.2, 0.25) is 5.91 Å². The van der Waals surface area contributed by atoms with Gasteiger partial charge >= 0.3 is 0 Å².